The highest BCUT2D eigenvalue weighted by molar-refractivity contribution is 7.80. The van der Waals surface area contributed by atoms with Gasteiger partial charge in [-0.25, -0.2) is 4.79 Å². The largest absolute Gasteiger partial charge is 0.444 e. The molecule has 3 amide bonds. The van der Waals surface area contributed by atoms with Crippen LogP contribution < -0.4 is 10.6 Å². The number of hydrogen-bond acceptors (Lipinski definition) is 5. The van der Waals surface area contributed by atoms with Gasteiger partial charge in [0, 0.05) is 17.8 Å². The predicted octanol–water partition coefficient (Wildman–Crippen LogP) is 3.62. The molecule has 1 aromatic carbocycles. The first kappa shape index (κ1) is 26.8. The molecule has 0 spiro atoms. The van der Waals surface area contributed by atoms with Gasteiger partial charge in [0.05, 0.1) is 0 Å². The summed E-state index contributed by atoms with van der Waals surface area (Å²) >= 11 is 4.27. The van der Waals surface area contributed by atoms with Gasteiger partial charge in [0.1, 0.15) is 17.7 Å². The second kappa shape index (κ2) is 11.4. The van der Waals surface area contributed by atoms with Crippen molar-refractivity contribution in [2.24, 2.45) is 0 Å². The lowest BCUT2D eigenvalue weighted by molar-refractivity contribution is -0.144. The molecule has 31 heavy (non-hydrogen) atoms. The van der Waals surface area contributed by atoms with E-state index < -0.39 is 29.7 Å². The summed E-state index contributed by atoms with van der Waals surface area (Å²) in [4.78, 5) is 40.6. The summed E-state index contributed by atoms with van der Waals surface area (Å²) in [5.74, 6) is -0.613. The molecule has 2 unspecified atom stereocenters. The molecule has 7 nitrogen and oxygen atoms in total. The second-order valence-corrected chi connectivity index (χ2v) is 9.51. The van der Waals surface area contributed by atoms with Crippen LogP contribution >= 0.6 is 12.6 Å². The zero-order valence-corrected chi connectivity index (χ0v) is 20.7. The lowest BCUT2D eigenvalue weighted by Gasteiger charge is -2.37. The molecule has 8 heteroatoms. The number of thiol groups is 1. The average molecular weight is 452 g/mol. The van der Waals surface area contributed by atoms with Crippen molar-refractivity contribution in [2.75, 3.05) is 5.75 Å². The topological polar surface area (TPSA) is 87.7 Å². The summed E-state index contributed by atoms with van der Waals surface area (Å²) in [6.07, 6.45) is -0.706. The maximum Gasteiger partial charge on any atom is 0.408 e. The smallest absolute Gasteiger partial charge is 0.408 e. The fourth-order valence-corrected chi connectivity index (χ4v) is 3.42. The Hall–Kier alpha value is -2.22. The van der Waals surface area contributed by atoms with E-state index >= 15 is 0 Å². The van der Waals surface area contributed by atoms with Crippen molar-refractivity contribution in [3.05, 3.63) is 35.4 Å². The number of carbonyl (C=O) groups is 3. The van der Waals surface area contributed by atoms with Crippen molar-refractivity contribution in [2.45, 2.75) is 85.2 Å². The number of alkyl carbamates (subject to hydrolysis) is 1. The van der Waals surface area contributed by atoms with E-state index in [0.717, 1.165) is 11.1 Å². The average Bonchev–Trinajstić information content (AvgIpc) is 2.62. The van der Waals surface area contributed by atoms with Gasteiger partial charge in [-0.3, -0.25) is 9.59 Å². The monoisotopic (exact) mass is 451 g/mol. The quantitative estimate of drug-likeness (QED) is 0.527. The van der Waals surface area contributed by atoms with Crippen molar-refractivity contribution >= 4 is 30.5 Å². The molecule has 0 saturated carbocycles. The van der Waals surface area contributed by atoms with Crippen LogP contribution in [0.25, 0.3) is 0 Å². The van der Waals surface area contributed by atoms with Crippen LogP contribution in [0.3, 0.4) is 0 Å². The third-order valence-electron chi connectivity index (χ3n) is 4.42. The van der Waals surface area contributed by atoms with Gasteiger partial charge >= 0.3 is 6.09 Å². The van der Waals surface area contributed by atoms with Crippen molar-refractivity contribution in [1.29, 1.82) is 0 Å². The molecule has 0 aliphatic heterocycles. The van der Waals surface area contributed by atoms with Gasteiger partial charge in [-0.05, 0) is 66.5 Å². The Bertz CT molecular complexity index is 774. The summed E-state index contributed by atoms with van der Waals surface area (Å²) in [7, 11) is 0. The van der Waals surface area contributed by atoms with E-state index in [-0.39, 0.29) is 23.7 Å². The number of hydrogen-bond donors (Lipinski definition) is 3. The third kappa shape index (κ3) is 8.09. The van der Waals surface area contributed by atoms with E-state index in [1.807, 2.05) is 58.9 Å². The minimum atomic E-state index is -0.945. The molecule has 0 heterocycles. The molecule has 174 valence electrons. The maximum atomic E-state index is 13.6. The van der Waals surface area contributed by atoms with Crippen LogP contribution in [-0.4, -0.2) is 52.3 Å². The minimum Gasteiger partial charge on any atom is -0.444 e. The molecule has 1 rings (SSSR count). The molecule has 0 saturated heterocycles. The van der Waals surface area contributed by atoms with Gasteiger partial charge in [-0.2, -0.15) is 12.6 Å². The molecule has 2 atom stereocenters. The van der Waals surface area contributed by atoms with Crippen molar-refractivity contribution in [1.82, 2.24) is 15.5 Å². The number of ether oxygens (including phenoxy) is 1. The van der Waals surface area contributed by atoms with E-state index in [4.69, 9.17) is 4.74 Å². The van der Waals surface area contributed by atoms with Crippen LogP contribution in [0.4, 0.5) is 4.79 Å². The van der Waals surface area contributed by atoms with Crippen LogP contribution in [0.5, 0.6) is 0 Å². The molecular formula is C23H37N3O4S. The van der Waals surface area contributed by atoms with E-state index in [9.17, 15) is 14.4 Å². The van der Waals surface area contributed by atoms with E-state index in [1.54, 1.807) is 20.8 Å². The predicted molar refractivity (Wildman–Crippen MR) is 126 cm³/mol. The van der Waals surface area contributed by atoms with Gasteiger partial charge in [-0.1, -0.05) is 24.3 Å². The van der Waals surface area contributed by atoms with Crippen molar-refractivity contribution in [3.63, 3.8) is 0 Å². The van der Waals surface area contributed by atoms with Crippen LogP contribution in [0.2, 0.25) is 0 Å². The van der Waals surface area contributed by atoms with Gasteiger partial charge in [-0.15, -0.1) is 0 Å². The van der Waals surface area contributed by atoms with Gasteiger partial charge in [0.2, 0.25) is 11.8 Å². The molecule has 0 aliphatic carbocycles. The standard InChI is InChI=1S/C23H37N3O4S/c1-14(2)24-20(27)19(17-12-10-9-11-16(17)5)26(15(3)4)21(28)18(13-31)25-22(29)30-23(6,7)8/h9-12,14-15,18-19,31H,13H2,1-8H3,(H,24,27)(H,25,29). The Kier molecular flexibility index (Phi) is 9.87. The SMILES string of the molecule is Cc1ccccc1C(C(=O)NC(C)C)N(C(=O)C(CS)NC(=O)OC(C)(C)C)C(C)C. The molecule has 1 aromatic rings. The number of amides is 3. The Labute approximate surface area is 191 Å². The first-order valence-electron chi connectivity index (χ1n) is 10.6. The Balaban J connectivity index is 3.36. The number of benzene rings is 1. The first-order chi connectivity index (χ1) is 14.3. The van der Waals surface area contributed by atoms with E-state index in [0.29, 0.717) is 0 Å². The zero-order chi connectivity index (χ0) is 23.9. The van der Waals surface area contributed by atoms with E-state index in [1.165, 1.54) is 4.90 Å². The lowest BCUT2D eigenvalue weighted by atomic mass is 9.97. The second-order valence-electron chi connectivity index (χ2n) is 9.14. The van der Waals surface area contributed by atoms with Gasteiger partial charge < -0.3 is 20.3 Å². The summed E-state index contributed by atoms with van der Waals surface area (Å²) in [6, 6.07) is 5.29. The summed E-state index contributed by atoms with van der Waals surface area (Å²) < 4.78 is 5.29. The first-order valence-corrected chi connectivity index (χ1v) is 11.2. The number of carbonyl (C=O) groups excluding carboxylic acids is 3. The fourth-order valence-electron chi connectivity index (χ4n) is 3.17. The van der Waals surface area contributed by atoms with Gasteiger partial charge in [0.15, 0.2) is 0 Å². The molecule has 0 fully saturated rings. The van der Waals surface area contributed by atoms with Crippen LogP contribution in [-0.2, 0) is 14.3 Å². The normalized spacial score (nSPS) is 13.5. The highest BCUT2D eigenvalue weighted by Crippen LogP contribution is 2.27. The minimum absolute atomic E-state index is 0.0631. The van der Waals surface area contributed by atoms with E-state index in [2.05, 4.69) is 23.3 Å². The number of nitrogens with zero attached hydrogens (tertiary/aromatic N) is 1. The number of rotatable bonds is 8. The maximum absolute atomic E-state index is 13.6. The third-order valence-corrected chi connectivity index (χ3v) is 4.79. The number of aryl methyl sites for hydroxylation is 1. The Morgan fingerprint density at radius 2 is 1.65 bits per heavy atom. The zero-order valence-electron chi connectivity index (χ0n) is 19.9. The molecular weight excluding hydrogens is 414 g/mol. The molecule has 0 bridgehead atoms. The fraction of sp³-hybridized carbons (Fsp3) is 0.609. The summed E-state index contributed by atoms with van der Waals surface area (Å²) in [5, 5.41) is 5.52. The molecule has 0 radical (unpaired) electrons. The highest BCUT2D eigenvalue weighted by Gasteiger charge is 2.38. The molecule has 0 aromatic heterocycles. The lowest BCUT2D eigenvalue weighted by Crippen LogP contribution is -2.56. The van der Waals surface area contributed by atoms with Crippen LogP contribution in [0.1, 0.15) is 65.6 Å². The van der Waals surface area contributed by atoms with Crippen LogP contribution in [0, 0.1) is 6.92 Å². The van der Waals surface area contributed by atoms with Crippen molar-refractivity contribution in [3.8, 4) is 0 Å². The Morgan fingerprint density at radius 3 is 2.10 bits per heavy atom. The highest BCUT2D eigenvalue weighted by atomic mass is 32.1. The van der Waals surface area contributed by atoms with Crippen LogP contribution in [0.15, 0.2) is 24.3 Å². The summed E-state index contributed by atoms with van der Waals surface area (Å²) in [6.45, 7) is 14.6. The Morgan fingerprint density at radius 1 is 1.06 bits per heavy atom. The van der Waals surface area contributed by atoms with Crippen molar-refractivity contribution < 1.29 is 19.1 Å². The van der Waals surface area contributed by atoms with Gasteiger partial charge in [0.25, 0.3) is 0 Å². The number of nitrogens with one attached hydrogen (secondary N) is 2. The molecule has 0 aliphatic rings. The summed E-state index contributed by atoms with van der Waals surface area (Å²) in [5.41, 5.74) is 0.928. The molecule has 2 N–H and O–H groups in total.